The summed E-state index contributed by atoms with van der Waals surface area (Å²) in [6, 6.07) is 2.31. The van der Waals surface area contributed by atoms with Gasteiger partial charge >= 0.3 is 5.69 Å². The summed E-state index contributed by atoms with van der Waals surface area (Å²) < 4.78 is 4.66. The smallest absolute Gasteiger partial charge is 0.300 e. The van der Waals surface area contributed by atoms with Crippen molar-refractivity contribution in [2.24, 2.45) is 0 Å². The van der Waals surface area contributed by atoms with Crippen molar-refractivity contribution in [3.8, 4) is 0 Å². The van der Waals surface area contributed by atoms with E-state index in [1.54, 1.807) is 6.07 Å². The van der Waals surface area contributed by atoms with Crippen molar-refractivity contribution >= 4 is 28.3 Å². The van der Waals surface area contributed by atoms with Crippen molar-refractivity contribution in [1.82, 2.24) is 15.6 Å². The molecule has 0 saturated heterocycles. The van der Waals surface area contributed by atoms with Gasteiger partial charge in [-0.2, -0.15) is 0 Å². The van der Waals surface area contributed by atoms with Crippen LogP contribution < -0.4 is 10.6 Å². The third kappa shape index (κ3) is 13.6. The number of aromatic nitrogens is 2. The molecule has 0 unspecified atom stereocenters. The predicted octanol–water partition coefficient (Wildman–Crippen LogP) is 6.42. The predicted molar refractivity (Wildman–Crippen MR) is 161 cm³/mol. The molecule has 0 radical (unpaired) electrons. The largest absolute Gasteiger partial charge is 0.394 e. The molecule has 1 amide bonds. The summed E-state index contributed by atoms with van der Waals surface area (Å²) in [7, 11) is 0. The number of aliphatic hydroxyl groups is 2. The highest BCUT2D eigenvalue weighted by molar-refractivity contribution is 5.93. The van der Waals surface area contributed by atoms with Crippen molar-refractivity contribution in [3.63, 3.8) is 0 Å². The number of anilines is 1. The molecule has 2 rings (SSSR count). The fourth-order valence-electron chi connectivity index (χ4n) is 5.07. The topological polar surface area (TPSA) is 164 Å². The van der Waals surface area contributed by atoms with Gasteiger partial charge in [-0.25, -0.2) is 4.63 Å². The lowest BCUT2D eigenvalue weighted by Crippen LogP contribution is -2.45. The van der Waals surface area contributed by atoms with Crippen LogP contribution in [-0.2, 0) is 4.79 Å². The van der Waals surface area contributed by atoms with Crippen LogP contribution in [0.1, 0.15) is 122 Å². The van der Waals surface area contributed by atoms with Crippen molar-refractivity contribution < 1.29 is 24.6 Å². The number of amides is 1. The molecule has 232 valence electrons. The van der Waals surface area contributed by atoms with E-state index in [9.17, 15) is 25.1 Å². The average Bonchev–Trinajstić information content (AvgIpc) is 3.46. The first-order valence-electron chi connectivity index (χ1n) is 15.7. The number of nitrogens with one attached hydrogen (secondary N) is 2. The van der Waals surface area contributed by atoms with Gasteiger partial charge < -0.3 is 20.8 Å². The van der Waals surface area contributed by atoms with E-state index in [0.29, 0.717) is 37.0 Å². The van der Waals surface area contributed by atoms with Gasteiger partial charge in [-0.1, -0.05) is 96.8 Å². The molecule has 4 N–H and O–H groups in total. The number of carbonyl (C=O) groups is 1. The molecule has 11 nitrogen and oxygen atoms in total. The van der Waals surface area contributed by atoms with E-state index in [2.05, 4.69) is 32.5 Å². The Morgan fingerprint density at radius 3 is 2.10 bits per heavy atom. The molecule has 2 atom stereocenters. The van der Waals surface area contributed by atoms with E-state index >= 15 is 0 Å². The lowest BCUT2D eigenvalue weighted by molar-refractivity contribution is -0.383. The van der Waals surface area contributed by atoms with Crippen molar-refractivity contribution in [1.29, 1.82) is 0 Å². The quantitative estimate of drug-likeness (QED) is 0.0592. The van der Waals surface area contributed by atoms with Crippen LogP contribution in [0.3, 0.4) is 0 Å². The van der Waals surface area contributed by atoms with E-state index in [1.165, 1.54) is 76.7 Å². The Morgan fingerprint density at radius 1 is 0.902 bits per heavy atom. The lowest BCUT2D eigenvalue weighted by Gasteiger charge is -2.22. The second-order valence-corrected chi connectivity index (χ2v) is 11.0. The second kappa shape index (κ2) is 21.0. The molecule has 1 heterocycles. The molecular weight excluding hydrogens is 526 g/mol. The van der Waals surface area contributed by atoms with Gasteiger partial charge in [0, 0.05) is 19.0 Å². The Kier molecular flexibility index (Phi) is 17.6. The monoisotopic (exact) mass is 577 g/mol. The Morgan fingerprint density at radius 2 is 1.49 bits per heavy atom. The Bertz CT molecular complexity index is 1000. The Labute approximate surface area is 244 Å². The molecule has 0 bridgehead atoms. The number of hydrogen-bond donors (Lipinski definition) is 4. The molecule has 0 aliphatic heterocycles. The van der Waals surface area contributed by atoms with Crippen LogP contribution >= 0.6 is 0 Å². The molecule has 11 heteroatoms. The summed E-state index contributed by atoms with van der Waals surface area (Å²) in [5.74, 6) is -0.174. The SMILES string of the molecule is CCCCCCCCCCCCCCC[C@@H](O)[C@H](CO)NC(=O)CCCCCNc1ccc([N+](=O)[O-])c2nonc12. The average molecular weight is 578 g/mol. The number of nitrogens with zero attached hydrogens (tertiary/aromatic N) is 3. The van der Waals surface area contributed by atoms with Crippen LogP contribution in [0.25, 0.3) is 11.0 Å². The Balaban J connectivity index is 1.49. The van der Waals surface area contributed by atoms with E-state index in [0.717, 1.165) is 25.7 Å². The number of hydrogen-bond acceptors (Lipinski definition) is 9. The summed E-state index contributed by atoms with van der Waals surface area (Å²) in [5, 5.41) is 44.6. The zero-order valence-electron chi connectivity index (χ0n) is 24.8. The minimum absolute atomic E-state index is 0.103. The van der Waals surface area contributed by atoms with Crippen molar-refractivity contribution in [3.05, 3.63) is 22.2 Å². The molecule has 0 fully saturated rings. The molecule has 1 aromatic heterocycles. The molecule has 1 aromatic carbocycles. The fourth-order valence-corrected chi connectivity index (χ4v) is 5.07. The normalized spacial score (nSPS) is 12.9. The van der Waals surface area contributed by atoms with Crippen LogP contribution in [0.4, 0.5) is 11.4 Å². The Hall–Kier alpha value is -2.79. The highest BCUT2D eigenvalue weighted by Crippen LogP contribution is 2.28. The van der Waals surface area contributed by atoms with Crippen molar-refractivity contribution in [2.45, 2.75) is 135 Å². The molecule has 0 aliphatic rings. The number of carbonyl (C=O) groups excluding carboxylic acids is 1. The maximum absolute atomic E-state index is 12.3. The number of non-ortho nitro benzene ring substituents is 1. The zero-order valence-corrected chi connectivity index (χ0v) is 24.8. The van der Waals surface area contributed by atoms with E-state index in [1.807, 2.05) is 0 Å². The van der Waals surface area contributed by atoms with Crippen LogP contribution in [0.5, 0.6) is 0 Å². The maximum Gasteiger partial charge on any atom is 0.300 e. The number of benzene rings is 1. The van der Waals surface area contributed by atoms with Crippen LogP contribution in [0.15, 0.2) is 16.8 Å². The van der Waals surface area contributed by atoms with Crippen LogP contribution in [-0.4, -0.2) is 56.7 Å². The maximum atomic E-state index is 12.3. The summed E-state index contributed by atoms with van der Waals surface area (Å²) in [5.41, 5.74) is 0.860. The first-order valence-corrected chi connectivity index (χ1v) is 15.7. The fraction of sp³-hybridized carbons (Fsp3) is 0.767. The highest BCUT2D eigenvalue weighted by atomic mass is 16.6. The summed E-state index contributed by atoms with van der Waals surface area (Å²) in [6.07, 6.45) is 18.8. The summed E-state index contributed by atoms with van der Waals surface area (Å²) >= 11 is 0. The van der Waals surface area contributed by atoms with Gasteiger partial charge in [0.2, 0.25) is 11.4 Å². The highest BCUT2D eigenvalue weighted by Gasteiger charge is 2.21. The van der Waals surface area contributed by atoms with Gasteiger partial charge in [0.15, 0.2) is 5.52 Å². The third-order valence-electron chi connectivity index (χ3n) is 7.60. The number of rotatable bonds is 25. The standard InChI is InChI=1S/C30H51N5O6/c1-2-3-4-5-6-7-8-9-10-11-12-13-15-18-27(37)25(23-36)32-28(38)19-16-14-17-22-31-24-20-21-26(35(39)40)30-29(24)33-41-34-30/h20-21,25,27,31,36-37H,2-19,22-23H2,1H3,(H,32,38)/t25-,27+/m0/s1. The van der Waals surface area contributed by atoms with Gasteiger partial charge in [-0.3, -0.25) is 14.9 Å². The van der Waals surface area contributed by atoms with E-state index in [-0.39, 0.29) is 23.7 Å². The number of unbranched alkanes of at least 4 members (excludes halogenated alkanes) is 14. The minimum Gasteiger partial charge on any atom is -0.394 e. The number of nitro groups is 1. The summed E-state index contributed by atoms with van der Waals surface area (Å²) in [4.78, 5) is 22.9. The molecule has 0 saturated carbocycles. The van der Waals surface area contributed by atoms with Crippen LogP contribution in [0, 0.1) is 10.1 Å². The first-order chi connectivity index (χ1) is 20.0. The van der Waals surface area contributed by atoms with Gasteiger partial charge in [0.05, 0.1) is 29.4 Å². The molecular formula is C30H51N5O6. The van der Waals surface area contributed by atoms with E-state index in [4.69, 9.17) is 0 Å². The molecule has 41 heavy (non-hydrogen) atoms. The number of fused-ring (bicyclic) bond motifs is 1. The number of aliphatic hydroxyl groups excluding tert-OH is 2. The van der Waals surface area contributed by atoms with Crippen LogP contribution in [0.2, 0.25) is 0 Å². The van der Waals surface area contributed by atoms with Gasteiger partial charge in [0.1, 0.15) is 0 Å². The molecule has 0 spiro atoms. The number of nitro benzene ring substituents is 1. The zero-order chi connectivity index (χ0) is 29.7. The second-order valence-electron chi connectivity index (χ2n) is 11.0. The van der Waals surface area contributed by atoms with Gasteiger partial charge in [-0.05, 0) is 35.6 Å². The third-order valence-corrected chi connectivity index (χ3v) is 7.60. The first kappa shape index (κ1) is 34.4. The van der Waals surface area contributed by atoms with Crippen molar-refractivity contribution in [2.75, 3.05) is 18.5 Å². The van der Waals surface area contributed by atoms with Gasteiger partial charge in [0.25, 0.3) is 0 Å². The summed E-state index contributed by atoms with van der Waals surface area (Å²) in [6.45, 7) is 2.56. The van der Waals surface area contributed by atoms with E-state index < -0.39 is 17.1 Å². The molecule has 2 aromatic rings. The lowest BCUT2D eigenvalue weighted by atomic mass is 10.0. The van der Waals surface area contributed by atoms with Gasteiger partial charge in [-0.15, -0.1) is 0 Å². The minimum atomic E-state index is -0.745. The molecule has 0 aliphatic carbocycles.